The average Bonchev–Trinajstić information content (AvgIpc) is 2.47. The van der Waals surface area contributed by atoms with Crippen LogP contribution in [0.2, 0.25) is 0 Å². The Labute approximate surface area is 147 Å². The van der Waals surface area contributed by atoms with Gasteiger partial charge in [0.05, 0.1) is 5.56 Å². The summed E-state index contributed by atoms with van der Waals surface area (Å²) in [7, 11) is 0. The van der Waals surface area contributed by atoms with Crippen LogP contribution in [0.1, 0.15) is 34.2 Å². The van der Waals surface area contributed by atoms with Crippen molar-refractivity contribution in [2.45, 2.75) is 39.8 Å². The molecular weight excluding hydrogens is 355 g/mol. The van der Waals surface area contributed by atoms with Gasteiger partial charge in [0.25, 0.3) is 0 Å². The van der Waals surface area contributed by atoms with Crippen LogP contribution in [0.4, 0.5) is 22.0 Å². The highest BCUT2D eigenvalue weighted by molar-refractivity contribution is 5.74. The molecule has 0 heterocycles. The standard InChI is InChI=1S/C19H17F5O2/c1-9-4-5-12(10(2)8-9)15-11(3)16(19(22,23)24)18(21)13(17(15)20)6-7-14(25)26/h4-5,8H,6-7H2,1-3H3,(H,25,26). The van der Waals surface area contributed by atoms with Crippen molar-refractivity contribution < 1.29 is 31.9 Å². The second-order valence-corrected chi connectivity index (χ2v) is 6.19. The summed E-state index contributed by atoms with van der Waals surface area (Å²) in [6, 6.07) is 4.78. The molecule has 2 aromatic rings. The third-order valence-electron chi connectivity index (χ3n) is 4.24. The fourth-order valence-corrected chi connectivity index (χ4v) is 3.06. The normalized spacial score (nSPS) is 11.7. The lowest BCUT2D eigenvalue weighted by Crippen LogP contribution is -2.16. The van der Waals surface area contributed by atoms with Gasteiger partial charge in [-0.05, 0) is 43.9 Å². The van der Waals surface area contributed by atoms with Gasteiger partial charge < -0.3 is 5.11 Å². The van der Waals surface area contributed by atoms with Gasteiger partial charge in [-0.15, -0.1) is 0 Å². The Morgan fingerprint density at radius 2 is 1.69 bits per heavy atom. The Bertz CT molecular complexity index is 869. The molecule has 7 heteroatoms. The summed E-state index contributed by atoms with van der Waals surface area (Å²) in [6.45, 7) is 4.42. The Morgan fingerprint density at radius 3 is 2.19 bits per heavy atom. The van der Waals surface area contributed by atoms with Gasteiger partial charge in [0.15, 0.2) is 0 Å². The molecule has 0 saturated heterocycles. The van der Waals surface area contributed by atoms with E-state index in [0.717, 1.165) is 12.5 Å². The molecule has 0 aliphatic carbocycles. The minimum atomic E-state index is -5.03. The number of carboxylic acids is 1. The molecule has 0 aliphatic heterocycles. The van der Waals surface area contributed by atoms with Crippen molar-refractivity contribution in [3.63, 3.8) is 0 Å². The number of rotatable bonds is 4. The summed E-state index contributed by atoms with van der Waals surface area (Å²) in [5.41, 5.74) is -1.73. The first-order chi connectivity index (χ1) is 11.9. The Balaban J connectivity index is 2.86. The fourth-order valence-electron chi connectivity index (χ4n) is 3.06. The first-order valence-electron chi connectivity index (χ1n) is 7.82. The van der Waals surface area contributed by atoms with Crippen molar-refractivity contribution >= 4 is 5.97 Å². The summed E-state index contributed by atoms with van der Waals surface area (Å²) in [5, 5.41) is 8.73. The van der Waals surface area contributed by atoms with Crippen LogP contribution in [0.3, 0.4) is 0 Å². The summed E-state index contributed by atoms with van der Waals surface area (Å²) in [6.07, 6.45) is -6.39. The summed E-state index contributed by atoms with van der Waals surface area (Å²) >= 11 is 0. The van der Waals surface area contributed by atoms with E-state index in [1.165, 1.54) is 6.07 Å². The lowest BCUT2D eigenvalue weighted by atomic mass is 9.88. The Hall–Kier alpha value is -2.44. The van der Waals surface area contributed by atoms with Crippen LogP contribution in [0, 0.1) is 32.4 Å². The van der Waals surface area contributed by atoms with E-state index in [0.29, 0.717) is 5.56 Å². The van der Waals surface area contributed by atoms with E-state index >= 15 is 0 Å². The van der Waals surface area contributed by atoms with Gasteiger partial charge in [0, 0.05) is 17.5 Å². The highest BCUT2D eigenvalue weighted by Crippen LogP contribution is 2.42. The van der Waals surface area contributed by atoms with Crippen molar-refractivity contribution in [1.82, 2.24) is 0 Å². The number of benzene rings is 2. The molecule has 0 fully saturated rings. The topological polar surface area (TPSA) is 37.3 Å². The number of aryl methyl sites for hydroxylation is 2. The molecule has 0 aromatic heterocycles. The molecule has 2 aromatic carbocycles. The SMILES string of the molecule is Cc1ccc(-c2c(C)c(C(F)(F)F)c(F)c(CCC(=O)O)c2F)c(C)c1. The van der Waals surface area contributed by atoms with Crippen LogP contribution in [-0.4, -0.2) is 11.1 Å². The molecule has 0 spiro atoms. The monoisotopic (exact) mass is 372 g/mol. The summed E-state index contributed by atoms with van der Waals surface area (Å²) < 4.78 is 69.6. The quantitative estimate of drug-likeness (QED) is 0.710. The van der Waals surface area contributed by atoms with E-state index in [2.05, 4.69) is 0 Å². The van der Waals surface area contributed by atoms with Crippen molar-refractivity contribution in [3.05, 3.63) is 57.7 Å². The summed E-state index contributed by atoms with van der Waals surface area (Å²) in [5.74, 6) is -4.26. The number of carboxylic acid groups (broad SMARTS) is 1. The third kappa shape index (κ3) is 3.71. The molecule has 26 heavy (non-hydrogen) atoms. The molecule has 140 valence electrons. The highest BCUT2D eigenvalue weighted by atomic mass is 19.4. The predicted octanol–water partition coefficient (Wildman–Crippen LogP) is 5.59. The van der Waals surface area contributed by atoms with Gasteiger partial charge in [0.1, 0.15) is 11.6 Å². The third-order valence-corrected chi connectivity index (χ3v) is 4.24. The van der Waals surface area contributed by atoms with Crippen LogP contribution >= 0.6 is 0 Å². The Morgan fingerprint density at radius 1 is 1.08 bits per heavy atom. The van der Waals surface area contributed by atoms with Gasteiger partial charge in [-0.2, -0.15) is 13.2 Å². The highest BCUT2D eigenvalue weighted by Gasteiger charge is 2.40. The number of carbonyl (C=O) groups is 1. The van der Waals surface area contributed by atoms with Gasteiger partial charge in [0.2, 0.25) is 0 Å². The molecule has 0 aliphatic rings. The minimum absolute atomic E-state index is 0.215. The predicted molar refractivity (Wildman–Crippen MR) is 87.0 cm³/mol. The van der Waals surface area contributed by atoms with E-state index in [9.17, 15) is 26.7 Å². The van der Waals surface area contributed by atoms with Crippen molar-refractivity contribution in [3.8, 4) is 11.1 Å². The van der Waals surface area contributed by atoms with E-state index in [-0.39, 0.29) is 11.1 Å². The first kappa shape index (κ1) is 19.9. The molecule has 0 atom stereocenters. The number of halogens is 5. The van der Waals surface area contributed by atoms with Gasteiger partial charge in [-0.25, -0.2) is 8.78 Å². The summed E-state index contributed by atoms with van der Waals surface area (Å²) in [4.78, 5) is 10.7. The van der Waals surface area contributed by atoms with Crippen molar-refractivity contribution in [2.75, 3.05) is 0 Å². The van der Waals surface area contributed by atoms with Crippen molar-refractivity contribution in [1.29, 1.82) is 0 Å². The molecule has 0 radical (unpaired) electrons. The molecular formula is C19H17F5O2. The first-order valence-corrected chi connectivity index (χ1v) is 7.82. The largest absolute Gasteiger partial charge is 0.481 e. The molecule has 1 N–H and O–H groups in total. The minimum Gasteiger partial charge on any atom is -0.481 e. The Kier molecular flexibility index (Phi) is 5.39. The molecule has 2 rings (SSSR count). The van der Waals surface area contributed by atoms with Crippen LogP contribution in [-0.2, 0) is 17.4 Å². The average molecular weight is 372 g/mol. The fraction of sp³-hybridized carbons (Fsp3) is 0.316. The van der Waals surface area contributed by atoms with E-state index in [4.69, 9.17) is 5.11 Å². The van der Waals surface area contributed by atoms with Crippen molar-refractivity contribution in [2.24, 2.45) is 0 Å². The number of hydrogen-bond acceptors (Lipinski definition) is 1. The maximum atomic E-state index is 15.0. The van der Waals surface area contributed by atoms with Crippen LogP contribution < -0.4 is 0 Å². The molecule has 2 nitrogen and oxygen atoms in total. The second-order valence-electron chi connectivity index (χ2n) is 6.19. The lowest BCUT2D eigenvalue weighted by Gasteiger charge is -2.21. The maximum Gasteiger partial charge on any atom is 0.419 e. The van der Waals surface area contributed by atoms with Crippen LogP contribution in [0.15, 0.2) is 18.2 Å². The van der Waals surface area contributed by atoms with Gasteiger partial charge >= 0.3 is 12.1 Å². The van der Waals surface area contributed by atoms with Crippen LogP contribution in [0.25, 0.3) is 11.1 Å². The lowest BCUT2D eigenvalue weighted by molar-refractivity contribution is -0.140. The van der Waals surface area contributed by atoms with E-state index in [1.54, 1.807) is 26.0 Å². The van der Waals surface area contributed by atoms with E-state index in [1.807, 2.05) is 0 Å². The van der Waals surface area contributed by atoms with Crippen LogP contribution in [0.5, 0.6) is 0 Å². The number of alkyl halides is 3. The zero-order chi connectivity index (χ0) is 19.8. The number of hydrogen-bond donors (Lipinski definition) is 1. The number of aliphatic carboxylic acids is 1. The maximum absolute atomic E-state index is 15.0. The van der Waals surface area contributed by atoms with Gasteiger partial charge in [-0.1, -0.05) is 23.8 Å². The van der Waals surface area contributed by atoms with E-state index < -0.39 is 53.3 Å². The zero-order valence-electron chi connectivity index (χ0n) is 14.4. The molecule has 0 unspecified atom stereocenters. The molecule has 0 saturated carbocycles. The smallest absolute Gasteiger partial charge is 0.419 e. The molecule has 0 amide bonds. The van der Waals surface area contributed by atoms with Gasteiger partial charge in [-0.3, -0.25) is 4.79 Å². The second kappa shape index (κ2) is 7.05. The molecule has 0 bridgehead atoms. The zero-order valence-corrected chi connectivity index (χ0v) is 14.4.